The average Bonchev–Trinajstić information content (AvgIpc) is 2.80. The summed E-state index contributed by atoms with van der Waals surface area (Å²) in [6.45, 7) is 5.98. The molecule has 0 aliphatic rings. The highest BCUT2D eigenvalue weighted by Crippen LogP contribution is 2.26. The highest BCUT2D eigenvalue weighted by molar-refractivity contribution is 5.80. The van der Waals surface area contributed by atoms with Crippen molar-refractivity contribution in [2.45, 2.75) is 20.8 Å². The van der Waals surface area contributed by atoms with E-state index in [0.717, 1.165) is 33.9 Å². The summed E-state index contributed by atoms with van der Waals surface area (Å²) in [4.78, 5) is 7.92. The monoisotopic (exact) mass is 226 g/mol. The van der Waals surface area contributed by atoms with E-state index in [4.69, 9.17) is 4.42 Å². The SMILES string of the molecule is Cc1ccc2nc(-c3cc(C)oc3C)[nH]c2c1. The molecule has 0 aliphatic carbocycles. The fraction of sp³-hybridized carbons (Fsp3) is 0.214. The summed E-state index contributed by atoms with van der Waals surface area (Å²) in [5, 5.41) is 0. The molecule has 0 spiro atoms. The third-order valence-electron chi connectivity index (χ3n) is 2.93. The molecule has 2 aromatic heterocycles. The third-order valence-corrected chi connectivity index (χ3v) is 2.93. The molecule has 3 heteroatoms. The Labute approximate surface area is 99.5 Å². The second kappa shape index (κ2) is 3.48. The van der Waals surface area contributed by atoms with Gasteiger partial charge in [-0.15, -0.1) is 0 Å². The van der Waals surface area contributed by atoms with Crippen molar-refractivity contribution in [2.24, 2.45) is 0 Å². The zero-order chi connectivity index (χ0) is 12.0. The van der Waals surface area contributed by atoms with Gasteiger partial charge in [0.15, 0.2) is 0 Å². The number of aromatic nitrogens is 2. The summed E-state index contributed by atoms with van der Waals surface area (Å²) in [5.41, 5.74) is 4.33. The zero-order valence-electron chi connectivity index (χ0n) is 10.2. The lowest BCUT2D eigenvalue weighted by molar-refractivity contribution is 0.505. The first kappa shape index (κ1) is 10.1. The van der Waals surface area contributed by atoms with Crippen molar-refractivity contribution < 1.29 is 4.42 Å². The quantitative estimate of drug-likeness (QED) is 0.686. The molecule has 1 N–H and O–H groups in total. The van der Waals surface area contributed by atoms with Gasteiger partial charge < -0.3 is 9.40 Å². The minimum atomic E-state index is 0.875. The van der Waals surface area contributed by atoms with Crippen molar-refractivity contribution in [2.75, 3.05) is 0 Å². The summed E-state index contributed by atoms with van der Waals surface area (Å²) in [5.74, 6) is 2.69. The van der Waals surface area contributed by atoms with Gasteiger partial charge in [-0.2, -0.15) is 0 Å². The molecule has 0 unspecified atom stereocenters. The summed E-state index contributed by atoms with van der Waals surface area (Å²) in [7, 11) is 0. The number of benzene rings is 1. The number of nitrogens with zero attached hydrogens (tertiary/aromatic N) is 1. The summed E-state index contributed by atoms with van der Waals surface area (Å²) in [6.07, 6.45) is 0. The maximum absolute atomic E-state index is 5.53. The molecular formula is C14H14N2O. The summed E-state index contributed by atoms with van der Waals surface area (Å²) in [6, 6.07) is 8.22. The van der Waals surface area contributed by atoms with E-state index in [1.54, 1.807) is 0 Å². The third kappa shape index (κ3) is 1.64. The lowest BCUT2D eigenvalue weighted by atomic mass is 10.2. The van der Waals surface area contributed by atoms with Crippen LogP contribution in [0.5, 0.6) is 0 Å². The van der Waals surface area contributed by atoms with Gasteiger partial charge in [0, 0.05) is 0 Å². The molecule has 86 valence electrons. The molecule has 3 nitrogen and oxygen atoms in total. The van der Waals surface area contributed by atoms with Gasteiger partial charge in [-0.25, -0.2) is 4.98 Å². The molecule has 2 heterocycles. The van der Waals surface area contributed by atoms with E-state index >= 15 is 0 Å². The predicted octanol–water partition coefficient (Wildman–Crippen LogP) is 3.75. The Morgan fingerprint density at radius 1 is 1.12 bits per heavy atom. The fourth-order valence-corrected chi connectivity index (χ4v) is 2.12. The van der Waals surface area contributed by atoms with Gasteiger partial charge in [0.25, 0.3) is 0 Å². The van der Waals surface area contributed by atoms with E-state index in [1.165, 1.54) is 5.56 Å². The standard InChI is InChI=1S/C14H14N2O/c1-8-4-5-12-13(6-8)16-14(15-12)11-7-9(2)17-10(11)3/h4-7H,1-3H3,(H,15,16). The minimum Gasteiger partial charge on any atom is -0.466 e. The van der Waals surface area contributed by atoms with Crippen LogP contribution in [0.15, 0.2) is 28.7 Å². The molecule has 1 aromatic carbocycles. The number of rotatable bonds is 1. The Bertz CT molecular complexity index is 691. The van der Waals surface area contributed by atoms with Crippen LogP contribution in [0, 0.1) is 20.8 Å². The van der Waals surface area contributed by atoms with Crippen LogP contribution < -0.4 is 0 Å². The Hall–Kier alpha value is -2.03. The van der Waals surface area contributed by atoms with Crippen LogP contribution in [0.4, 0.5) is 0 Å². The van der Waals surface area contributed by atoms with Gasteiger partial charge in [-0.3, -0.25) is 0 Å². The lowest BCUT2D eigenvalue weighted by Crippen LogP contribution is -1.78. The van der Waals surface area contributed by atoms with Crippen molar-refractivity contribution >= 4 is 11.0 Å². The number of fused-ring (bicyclic) bond motifs is 1. The van der Waals surface area contributed by atoms with E-state index in [1.807, 2.05) is 26.0 Å². The van der Waals surface area contributed by atoms with E-state index in [0.29, 0.717) is 0 Å². The van der Waals surface area contributed by atoms with E-state index in [9.17, 15) is 0 Å². The summed E-state index contributed by atoms with van der Waals surface area (Å²) >= 11 is 0. The molecule has 3 rings (SSSR count). The Balaban J connectivity index is 2.21. The van der Waals surface area contributed by atoms with Crippen molar-refractivity contribution in [1.29, 1.82) is 0 Å². The number of imidazole rings is 1. The number of aryl methyl sites for hydroxylation is 3. The minimum absolute atomic E-state index is 0.875. The average molecular weight is 226 g/mol. The van der Waals surface area contributed by atoms with Crippen molar-refractivity contribution in [3.05, 3.63) is 41.3 Å². The fourth-order valence-electron chi connectivity index (χ4n) is 2.12. The van der Waals surface area contributed by atoms with Crippen LogP contribution in [-0.4, -0.2) is 9.97 Å². The van der Waals surface area contributed by atoms with Gasteiger partial charge in [0.1, 0.15) is 17.3 Å². The largest absolute Gasteiger partial charge is 0.466 e. The van der Waals surface area contributed by atoms with Crippen LogP contribution in [0.2, 0.25) is 0 Å². The first-order valence-corrected chi connectivity index (χ1v) is 5.67. The number of furan rings is 1. The molecule has 0 bridgehead atoms. The Kier molecular flexibility index (Phi) is 2.08. The molecular weight excluding hydrogens is 212 g/mol. The van der Waals surface area contributed by atoms with Crippen LogP contribution in [0.3, 0.4) is 0 Å². The molecule has 3 aromatic rings. The maximum Gasteiger partial charge on any atom is 0.142 e. The Morgan fingerprint density at radius 3 is 2.65 bits per heavy atom. The highest BCUT2D eigenvalue weighted by atomic mass is 16.3. The summed E-state index contributed by atoms with van der Waals surface area (Å²) < 4.78 is 5.53. The van der Waals surface area contributed by atoms with Crippen LogP contribution >= 0.6 is 0 Å². The smallest absolute Gasteiger partial charge is 0.142 e. The molecule has 0 atom stereocenters. The van der Waals surface area contributed by atoms with E-state index in [-0.39, 0.29) is 0 Å². The second-order valence-corrected chi connectivity index (χ2v) is 4.43. The number of H-pyrrole nitrogens is 1. The first-order chi connectivity index (χ1) is 8.13. The molecule has 0 saturated carbocycles. The zero-order valence-corrected chi connectivity index (χ0v) is 10.2. The first-order valence-electron chi connectivity index (χ1n) is 5.67. The van der Waals surface area contributed by atoms with Gasteiger partial charge in [0.05, 0.1) is 16.6 Å². The molecule has 0 aliphatic heterocycles. The van der Waals surface area contributed by atoms with Gasteiger partial charge >= 0.3 is 0 Å². The van der Waals surface area contributed by atoms with Crippen LogP contribution in [0.1, 0.15) is 17.1 Å². The van der Waals surface area contributed by atoms with Crippen LogP contribution in [-0.2, 0) is 0 Å². The number of aromatic amines is 1. The van der Waals surface area contributed by atoms with Gasteiger partial charge in [-0.1, -0.05) is 6.07 Å². The van der Waals surface area contributed by atoms with Crippen molar-refractivity contribution in [3.63, 3.8) is 0 Å². The number of hydrogen-bond acceptors (Lipinski definition) is 2. The van der Waals surface area contributed by atoms with Crippen molar-refractivity contribution in [1.82, 2.24) is 9.97 Å². The highest BCUT2D eigenvalue weighted by Gasteiger charge is 2.11. The molecule has 0 amide bonds. The second-order valence-electron chi connectivity index (χ2n) is 4.43. The number of hydrogen-bond donors (Lipinski definition) is 1. The lowest BCUT2D eigenvalue weighted by Gasteiger charge is -1.91. The van der Waals surface area contributed by atoms with Gasteiger partial charge in [-0.05, 0) is 44.5 Å². The topological polar surface area (TPSA) is 41.8 Å². The van der Waals surface area contributed by atoms with Crippen LogP contribution in [0.25, 0.3) is 22.4 Å². The van der Waals surface area contributed by atoms with E-state index < -0.39 is 0 Å². The van der Waals surface area contributed by atoms with Crippen molar-refractivity contribution in [3.8, 4) is 11.4 Å². The molecule has 17 heavy (non-hydrogen) atoms. The van der Waals surface area contributed by atoms with E-state index in [2.05, 4.69) is 29.0 Å². The Morgan fingerprint density at radius 2 is 1.94 bits per heavy atom. The normalized spacial score (nSPS) is 11.2. The molecule has 0 fully saturated rings. The molecule has 0 saturated heterocycles. The predicted molar refractivity (Wildman–Crippen MR) is 68.0 cm³/mol. The van der Waals surface area contributed by atoms with Gasteiger partial charge in [0.2, 0.25) is 0 Å². The number of nitrogens with one attached hydrogen (secondary N) is 1. The maximum atomic E-state index is 5.53. The molecule has 0 radical (unpaired) electrons.